The van der Waals surface area contributed by atoms with Gasteiger partial charge >= 0.3 is 5.97 Å². The smallest absolute Gasteiger partial charge is 0.374 e. The Kier molecular flexibility index (Phi) is 6.95. The highest BCUT2D eigenvalue weighted by molar-refractivity contribution is 7.86. The average Bonchev–Trinajstić information content (AvgIpc) is 2.93. The summed E-state index contributed by atoms with van der Waals surface area (Å²) in [6.07, 6.45) is 4.06. The monoisotopic (exact) mass is 449 g/mol. The van der Waals surface area contributed by atoms with Crippen LogP contribution < -0.4 is 0 Å². The molecule has 0 amide bonds. The first-order valence-electron chi connectivity index (χ1n) is 11.2. The van der Waals surface area contributed by atoms with Crippen molar-refractivity contribution in [2.24, 2.45) is 0 Å². The number of benzene rings is 1. The highest BCUT2D eigenvalue weighted by Crippen LogP contribution is 2.28. The largest absolute Gasteiger partial charge is 0.460 e. The molecule has 1 aromatic carbocycles. The molecule has 0 spiro atoms. The van der Waals surface area contributed by atoms with Crippen molar-refractivity contribution in [1.82, 2.24) is 13.5 Å². The van der Waals surface area contributed by atoms with Crippen LogP contribution in [0.2, 0.25) is 0 Å². The first-order chi connectivity index (χ1) is 15.0. The molecule has 2 fully saturated rings. The third-order valence-electron chi connectivity index (χ3n) is 6.09. The third kappa shape index (κ3) is 4.79. The Morgan fingerprint density at radius 2 is 1.61 bits per heavy atom. The highest BCUT2D eigenvalue weighted by atomic mass is 32.2. The Bertz CT molecular complexity index is 1000. The molecule has 1 aromatic heterocycles. The van der Waals surface area contributed by atoms with Crippen LogP contribution in [0.25, 0.3) is 11.0 Å². The second kappa shape index (κ2) is 9.68. The molecule has 0 aliphatic carbocycles. The lowest BCUT2D eigenvalue weighted by atomic mass is 10.1. The summed E-state index contributed by atoms with van der Waals surface area (Å²) >= 11 is 0. The molecule has 9 heteroatoms. The summed E-state index contributed by atoms with van der Waals surface area (Å²) in [6.45, 7) is 5.91. The fraction of sp³-hybridized carbons (Fsp3) is 0.591. The second-order valence-electron chi connectivity index (χ2n) is 8.12. The van der Waals surface area contributed by atoms with Crippen LogP contribution in [0.1, 0.15) is 48.7 Å². The van der Waals surface area contributed by atoms with Crippen LogP contribution in [0.4, 0.5) is 0 Å². The predicted octanol–water partition coefficient (Wildman–Crippen LogP) is 2.85. The summed E-state index contributed by atoms with van der Waals surface area (Å²) < 4.78 is 40.4. The molecule has 0 N–H and O–H groups in total. The number of ether oxygens (including phenoxy) is 1. The summed E-state index contributed by atoms with van der Waals surface area (Å²) in [5, 5.41) is 0.894. The van der Waals surface area contributed by atoms with Crippen molar-refractivity contribution in [3.8, 4) is 0 Å². The molecule has 170 valence electrons. The molecule has 2 aliphatic heterocycles. The van der Waals surface area contributed by atoms with Gasteiger partial charge in [-0.3, -0.25) is 4.90 Å². The minimum Gasteiger partial charge on any atom is -0.460 e. The van der Waals surface area contributed by atoms with Crippen molar-refractivity contribution < 1.29 is 22.4 Å². The van der Waals surface area contributed by atoms with Gasteiger partial charge in [0.05, 0.1) is 6.61 Å². The number of nitrogens with zero attached hydrogens (tertiary/aromatic N) is 3. The number of hydrogen-bond donors (Lipinski definition) is 0. The molecule has 0 atom stereocenters. The molecule has 0 radical (unpaired) electrons. The number of furan rings is 1. The Labute approximate surface area is 183 Å². The topological polar surface area (TPSA) is 83.3 Å². The van der Waals surface area contributed by atoms with Crippen molar-refractivity contribution in [1.29, 1.82) is 0 Å². The number of piperazine rings is 1. The van der Waals surface area contributed by atoms with E-state index in [4.69, 9.17) is 9.15 Å². The van der Waals surface area contributed by atoms with Gasteiger partial charge in [-0.25, -0.2) is 4.79 Å². The van der Waals surface area contributed by atoms with Gasteiger partial charge in [-0.2, -0.15) is 17.0 Å². The van der Waals surface area contributed by atoms with E-state index >= 15 is 0 Å². The van der Waals surface area contributed by atoms with E-state index in [-0.39, 0.29) is 12.4 Å². The van der Waals surface area contributed by atoms with Crippen LogP contribution >= 0.6 is 0 Å². The van der Waals surface area contributed by atoms with Gasteiger partial charge in [-0.05, 0) is 25.8 Å². The zero-order valence-electron chi connectivity index (χ0n) is 18.1. The van der Waals surface area contributed by atoms with Crippen LogP contribution in [-0.2, 0) is 21.5 Å². The molecule has 31 heavy (non-hydrogen) atoms. The maximum atomic E-state index is 13.1. The number of para-hydroxylation sites is 1. The molecular formula is C22H31N3O5S. The van der Waals surface area contributed by atoms with E-state index in [9.17, 15) is 13.2 Å². The zero-order valence-corrected chi connectivity index (χ0v) is 18.9. The minimum absolute atomic E-state index is 0.239. The molecule has 4 rings (SSSR count). The van der Waals surface area contributed by atoms with E-state index in [1.165, 1.54) is 0 Å². The molecule has 0 saturated carbocycles. The lowest BCUT2D eigenvalue weighted by Crippen LogP contribution is -2.53. The van der Waals surface area contributed by atoms with Gasteiger partial charge < -0.3 is 9.15 Å². The summed E-state index contributed by atoms with van der Waals surface area (Å²) in [6, 6.07) is 7.57. The van der Waals surface area contributed by atoms with E-state index in [0.717, 1.165) is 36.6 Å². The molecule has 2 aromatic rings. The van der Waals surface area contributed by atoms with Crippen LogP contribution in [0.3, 0.4) is 0 Å². The Morgan fingerprint density at radius 3 is 2.29 bits per heavy atom. The number of fused-ring (bicyclic) bond motifs is 1. The van der Waals surface area contributed by atoms with Gasteiger partial charge in [0.25, 0.3) is 10.2 Å². The number of carbonyl (C=O) groups is 1. The van der Waals surface area contributed by atoms with Crippen molar-refractivity contribution >= 4 is 27.1 Å². The number of esters is 1. The van der Waals surface area contributed by atoms with Gasteiger partial charge in [0.15, 0.2) is 0 Å². The second-order valence-corrected chi connectivity index (χ2v) is 10.1. The maximum absolute atomic E-state index is 13.1. The summed E-state index contributed by atoms with van der Waals surface area (Å²) in [4.78, 5) is 14.6. The average molecular weight is 450 g/mol. The molecule has 2 saturated heterocycles. The zero-order chi connectivity index (χ0) is 21.8. The normalized spacial score (nSPS) is 20.0. The number of rotatable bonds is 6. The molecule has 2 aliphatic rings. The lowest BCUT2D eigenvalue weighted by Gasteiger charge is -2.36. The van der Waals surface area contributed by atoms with E-state index in [0.29, 0.717) is 51.4 Å². The fourth-order valence-electron chi connectivity index (χ4n) is 4.39. The summed E-state index contributed by atoms with van der Waals surface area (Å²) in [7, 11) is -3.41. The Morgan fingerprint density at radius 1 is 0.968 bits per heavy atom. The molecule has 8 nitrogen and oxygen atoms in total. The molecule has 0 bridgehead atoms. The van der Waals surface area contributed by atoms with Gasteiger partial charge in [0.1, 0.15) is 5.58 Å². The van der Waals surface area contributed by atoms with Crippen LogP contribution in [0, 0.1) is 0 Å². The quantitative estimate of drug-likeness (QED) is 0.631. The van der Waals surface area contributed by atoms with Crippen molar-refractivity contribution in [2.45, 2.75) is 39.2 Å². The van der Waals surface area contributed by atoms with Gasteiger partial charge in [-0.1, -0.05) is 31.0 Å². The van der Waals surface area contributed by atoms with E-state index in [1.54, 1.807) is 15.5 Å². The van der Waals surface area contributed by atoms with E-state index < -0.39 is 16.2 Å². The van der Waals surface area contributed by atoms with Gasteiger partial charge in [0, 0.05) is 56.8 Å². The van der Waals surface area contributed by atoms with Gasteiger partial charge in [0.2, 0.25) is 5.76 Å². The first kappa shape index (κ1) is 22.3. The maximum Gasteiger partial charge on any atom is 0.374 e. The van der Waals surface area contributed by atoms with Crippen LogP contribution in [-0.4, -0.2) is 73.8 Å². The Balaban J connectivity index is 1.46. The highest BCUT2D eigenvalue weighted by Gasteiger charge is 2.33. The SMILES string of the molecule is CCOC(=O)c1oc2ccccc2c1CN1CCN(S(=O)(=O)N2CCCCCC2)CC1. The third-order valence-corrected chi connectivity index (χ3v) is 8.13. The van der Waals surface area contributed by atoms with Crippen LogP contribution in [0.5, 0.6) is 0 Å². The van der Waals surface area contributed by atoms with Crippen LogP contribution in [0.15, 0.2) is 28.7 Å². The lowest BCUT2D eigenvalue weighted by molar-refractivity contribution is 0.0488. The van der Waals surface area contributed by atoms with E-state index in [2.05, 4.69) is 4.90 Å². The summed E-state index contributed by atoms with van der Waals surface area (Å²) in [5.41, 5.74) is 1.46. The standard InChI is InChI=1S/C22H31N3O5S/c1-2-29-22(26)21-19(18-9-5-6-10-20(18)30-21)17-23-13-15-25(16-14-23)31(27,28)24-11-7-3-4-8-12-24/h5-6,9-10H,2-4,7-8,11-17H2,1H3. The predicted molar refractivity (Wildman–Crippen MR) is 118 cm³/mol. The van der Waals surface area contributed by atoms with Crippen molar-refractivity contribution in [3.63, 3.8) is 0 Å². The first-order valence-corrected chi connectivity index (χ1v) is 12.6. The fourth-order valence-corrected chi connectivity index (χ4v) is 6.07. The van der Waals surface area contributed by atoms with E-state index in [1.807, 2.05) is 24.3 Å². The molecule has 3 heterocycles. The van der Waals surface area contributed by atoms with Crippen molar-refractivity contribution in [2.75, 3.05) is 45.9 Å². The van der Waals surface area contributed by atoms with Crippen molar-refractivity contribution in [3.05, 3.63) is 35.6 Å². The number of carbonyl (C=O) groups excluding carboxylic acids is 1. The molecule has 0 unspecified atom stereocenters. The number of hydrogen-bond acceptors (Lipinski definition) is 6. The summed E-state index contributed by atoms with van der Waals surface area (Å²) in [5.74, 6) is -0.223. The molecular weight excluding hydrogens is 418 g/mol. The Hall–Kier alpha value is -1.94. The van der Waals surface area contributed by atoms with Gasteiger partial charge in [-0.15, -0.1) is 0 Å². The minimum atomic E-state index is -3.41.